The first kappa shape index (κ1) is 26.4. The lowest BCUT2D eigenvalue weighted by molar-refractivity contribution is -0.120. The number of aliphatic hydroxyl groups excluding tert-OH is 2. The Morgan fingerprint density at radius 2 is 1.92 bits per heavy atom. The number of aliphatic hydroxyl groups is 2. The summed E-state index contributed by atoms with van der Waals surface area (Å²) in [7, 11) is 0. The highest BCUT2D eigenvalue weighted by atomic mass is 19.1. The molecule has 12 heteroatoms. The number of anilines is 1. The van der Waals surface area contributed by atoms with Gasteiger partial charge in [-0.3, -0.25) is 14.3 Å². The number of carbonyl (C=O) groups is 1. The van der Waals surface area contributed by atoms with Gasteiger partial charge in [0.25, 0.3) is 11.5 Å². The lowest BCUT2D eigenvalue weighted by atomic mass is 9.84. The van der Waals surface area contributed by atoms with Crippen molar-refractivity contribution >= 4 is 11.7 Å². The Morgan fingerprint density at radius 3 is 2.59 bits per heavy atom. The molecule has 1 unspecified atom stereocenters. The van der Waals surface area contributed by atoms with Gasteiger partial charge in [0.15, 0.2) is 29.0 Å². The summed E-state index contributed by atoms with van der Waals surface area (Å²) in [6.45, 7) is -0.383. The normalized spacial score (nSPS) is 15.8. The molecular formula is C25H29F2N5O5. The SMILES string of the molecule is O=C(Nc1ccn(C[C@@H](O)CO)n1)C(CC1CCCCC1)n1ncc(Oc2c(F)cccc2F)cc1=O. The topological polar surface area (TPSA) is 132 Å². The highest BCUT2D eigenvalue weighted by Crippen LogP contribution is 2.31. The number of nitrogens with zero attached hydrogens (tertiary/aromatic N) is 4. The number of aromatic nitrogens is 4. The number of ether oxygens (including phenoxy) is 1. The number of hydrogen-bond acceptors (Lipinski definition) is 7. The van der Waals surface area contributed by atoms with E-state index in [1.807, 2.05) is 0 Å². The standard InChI is InChI=1S/C25H29F2N5O5/c26-19-7-4-8-20(27)24(19)37-18-12-23(35)32(28-13-18)21(11-16-5-2-1-3-6-16)25(36)29-22-9-10-31(30-22)14-17(34)15-33/h4,7-10,12-13,16-17,21,33-34H,1-3,5-6,11,14-15H2,(H,29,30,36)/t17-,21?/m1/s1. The molecule has 37 heavy (non-hydrogen) atoms. The van der Waals surface area contributed by atoms with E-state index in [4.69, 9.17) is 9.84 Å². The van der Waals surface area contributed by atoms with Crippen LogP contribution in [0.4, 0.5) is 14.6 Å². The zero-order valence-corrected chi connectivity index (χ0v) is 20.1. The minimum absolute atomic E-state index is 0.0446. The van der Waals surface area contributed by atoms with Gasteiger partial charge in [-0.25, -0.2) is 13.5 Å². The molecule has 2 heterocycles. The Kier molecular flexibility index (Phi) is 8.62. The lowest BCUT2D eigenvalue weighted by Crippen LogP contribution is -2.36. The smallest absolute Gasteiger partial charge is 0.271 e. The van der Waals surface area contributed by atoms with Gasteiger partial charge >= 0.3 is 0 Å². The van der Waals surface area contributed by atoms with E-state index in [-0.39, 0.29) is 24.0 Å². The van der Waals surface area contributed by atoms with Crippen LogP contribution in [-0.4, -0.2) is 48.4 Å². The average molecular weight is 518 g/mol. The molecule has 0 radical (unpaired) electrons. The third kappa shape index (κ3) is 6.77. The number of amides is 1. The molecule has 10 nitrogen and oxygen atoms in total. The lowest BCUT2D eigenvalue weighted by Gasteiger charge is -2.26. The predicted molar refractivity (Wildman–Crippen MR) is 129 cm³/mol. The van der Waals surface area contributed by atoms with Crippen LogP contribution >= 0.6 is 0 Å². The minimum atomic E-state index is -0.996. The summed E-state index contributed by atoms with van der Waals surface area (Å²) in [4.78, 5) is 26.3. The van der Waals surface area contributed by atoms with Gasteiger partial charge in [0.05, 0.1) is 25.5 Å². The Bertz CT molecular complexity index is 1250. The van der Waals surface area contributed by atoms with Gasteiger partial charge < -0.3 is 20.3 Å². The third-order valence-electron chi connectivity index (χ3n) is 6.32. The first-order chi connectivity index (χ1) is 17.8. The molecule has 1 saturated carbocycles. The maximum absolute atomic E-state index is 14.0. The predicted octanol–water partition coefficient (Wildman–Crippen LogP) is 3.01. The molecule has 3 aromatic rings. The van der Waals surface area contributed by atoms with Crippen LogP contribution in [0.2, 0.25) is 0 Å². The van der Waals surface area contributed by atoms with Gasteiger partial charge in [-0.1, -0.05) is 38.2 Å². The van der Waals surface area contributed by atoms with Gasteiger partial charge in [0.2, 0.25) is 0 Å². The maximum atomic E-state index is 14.0. The Balaban J connectivity index is 1.56. The molecule has 2 aromatic heterocycles. The van der Waals surface area contributed by atoms with Gasteiger partial charge in [-0.15, -0.1) is 0 Å². The van der Waals surface area contributed by atoms with Crippen molar-refractivity contribution in [2.24, 2.45) is 5.92 Å². The first-order valence-corrected chi connectivity index (χ1v) is 12.2. The van der Waals surface area contributed by atoms with Crippen LogP contribution in [0.3, 0.4) is 0 Å². The summed E-state index contributed by atoms with van der Waals surface area (Å²) in [6.07, 6.45) is 7.14. The fourth-order valence-electron chi connectivity index (χ4n) is 4.46. The number of nitrogens with one attached hydrogen (secondary N) is 1. The van der Waals surface area contributed by atoms with Crippen molar-refractivity contribution in [3.63, 3.8) is 0 Å². The first-order valence-electron chi connectivity index (χ1n) is 12.2. The molecule has 1 aliphatic rings. The fraction of sp³-hybridized carbons (Fsp3) is 0.440. The summed E-state index contributed by atoms with van der Waals surface area (Å²) in [5.41, 5.74) is -0.665. The molecule has 3 N–H and O–H groups in total. The number of rotatable bonds is 10. The second kappa shape index (κ2) is 12.1. The minimum Gasteiger partial charge on any atom is -0.449 e. The van der Waals surface area contributed by atoms with Crippen molar-refractivity contribution in [3.8, 4) is 11.5 Å². The molecule has 0 bridgehead atoms. The number of benzene rings is 1. The van der Waals surface area contributed by atoms with E-state index in [0.717, 1.165) is 61.2 Å². The number of halogens is 2. The Labute approximate surface area is 211 Å². The van der Waals surface area contributed by atoms with Crippen molar-refractivity contribution in [1.29, 1.82) is 0 Å². The van der Waals surface area contributed by atoms with Crippen LogP contribution in [0, 0.1) is 17.6 Å². The zero-order chi connectivity index (χ0) is 26.4. The van der Waals surface area contributed by atoms with E-state index >= 15 is 0 Å². The van der Waals surface area contributed by atoms with Crippen LogP contribution in [0.1, 0.15) is 44.6 Å². The third-order valence-corrected chi connectivity index (χ3v) is 6.32. The zero-order valence-electron chi connectivity index (χ0n) is 20.1. The maximum Gasteiger partial charge on any atom is 0.271 e. The molecule has 1 amide bonds. The molecule has 1 fully saturated rings. The second-order valence-corrected chi connectivity index (χ2v) is 9.13. The van der Waals surface area contributed by atoms with Crippen molar-refractivity contribution in [1.82, 2.24) is 19.6 Å². The molecular weight excluding hydrogens is 488 g/mol. The number of hydrogen-bond donors (Lipinski definition) is 3. The summed E-state index contributed by atoms with van der Waals surface area (Å²) in [6, 6.07) is 4.87. The molecule has 1 aliphatic carbocycles. The quantitative estimate of drug-likeness (QED) is 0.377. The van der Waals surface area contributed by atoms with Gasteiger partial charge in [0.1, 0.15) is 6.04 Å². The van der Waals surface area contributed by atoms with Crippen LogP contribution < -0.4 is 15.6 Å². The summed E-state index contributed by atoms with van der Waals surface area (Å²) in [5, 5.41) is 29.6. The van der Waals surface area contributed by atoms with E-state index in [9.17, 15) is 23.5 Å². The average Bonchev–Trinajstić information content (AvgIpc) is 3.32. The fourth-order valence-corrected chi connectivity index (χ4v) is 4.46. The summed E-state index contributed by atoms with van der Waals surface area (Å²) < 4.78 is 35.6. The molecule has 0 spiro atoms. The van der Waals surface area contributed by atoms with Crippen LogP contribution in [-0.2, 0) is 11.3 Å². The van der Waals surface area contributed by atoms with E-state index in [1.165, 1.54) is 16.8 Å². The highest BCUT2D eigenvalue weighted by Gasteiger charge is 2.28. The second-order valence-electron chi connectivity index (χ2n) is 9.13. The van der Waals surface area contributed by atoms with Crippen molar-refractivity contribution in [2.45, 2.75) is 57.2 Å². The van der Waals surface area contributed by atoms with Gasteiger partial charge in [0, 0.05) is 18.3 Å². The van der Waals surface area contributed by atoms with Gasteiger partial charge in [-0.05, 0) is 24.5 Å². The van der Waals surface area contributed by atoms with Crippen molar-refractivity contribution in [3.05, 3.63) is 64.7 Å². The molecule has 0 aliphatic heterocycles. The molecule has 198 valence electrons. The van der Waals surface area contributed by atoms with E-state index in [1.54, 1.807) is 6.20 Å². The van der Waals surface area contributed by atoms with Crippen molar-refractivity contribution < 1.29 is 28.5 Å². The van der Waals surface area contributed by atoms with E-state index < -0.39 is 47.6 Å². The summed E-state index contributed by atoms with van der Waals surface area (Å²) in [5.74, 6) is -2.73. The molecule has 4 rings (SSSR count). The number of carbonyl (C=O) groups excluding carboxylic acids is 1. The van der Waals surface area contributed by atoms with Crippen molar-refractivity contribution in [2.75, 3.05) is 11.9 Å². The Hall–Kier alpha value is -3.64. The highest BCUT2D eigenvalue weighted by molar-refractivity contribution is 5.92. The molecule has 1 aromatic carbocycles. The van der Waals surface area contributed by atoms with Crippen LogP contribution in [0.25, 0.3) is 0 Å². The molecule has 0 saturated heterocycles. The van der Waals surface area contributed by atoms with E-state index in [0.29, 0.717) is 6.42 Å². The monoisotopic (exact) mass is 517 g/mol. The van der Waals surface area contributed by atoms with Gasteiger partial charge in [-0.2, -0.15) is 10.2 Å². The largest absolute Gasteiger partial charge is 0.449 e. The van der Waals surface area contributed by atoms with Crippen LogP contribution in [0.15, 0.2) is 47.5 Å². The van der Waals surface area contributed by atoms with E-state index in [2.05, 4.69) is 15.5 Å². The molecule has 2 atom stereocenters. The van der Waals surface area contributed by atoms with Crippen LogP contribution in [0.5, 0.6) is 11.5 Å². The Morgan fingerprint density at radius 1 is 1.19 bits per heavy atom. The number of para-hydroxylation sites is 1. The summed E-state index contributed by atoms with van der Waals surface area (Å²) >= 11 is 0.